The normalized spacial score (nSPS) is 16.2. The van der Waals surface area contributed by atoms with Crippen LogP contribution < -0.4 is 16.4 Å². The summed E-state index contributed by atoms with van der Waals surface area (Å²) in [7, 11) is 0. The molecule has 1 unspecified atom stereocenters. The van der Waals surface area contributed by atoms with E-state index < -0.39 is 5.91 Å². The number of nitrogens with one attached hydrogen (secondary N) is 2. The maximum atomic E-state index is 12.6. The molecule has 0 spiro atoms. The third kappa shape index (κ3) is 3.66. The Morgan fingerprint density at radius 3 is 2.62 bits per heavy atom. The maximum Gasteiger partial charge on any atom is 0.290 e. The molecule has 136 valence electrons. The van der Waals surface area contributed by atoms with Gasteiger partial charge in [0.2, 0.25) is 5.91 Å². The Morgan fingerprint density at radius 2 is 1.96 bits per heavy atom. The van der Waals surface area contributed by atoms with Gasteiger partial charge in [-0.2, -0.15) is 5.10 Å². The van der Waals surface area contributed by atoms with Crippen molar-refractivity contribution in [3.8, 4) is 0 Å². The number of benzene rings is 1. The van der Waals surface area contributed by atoms with Gasteiger partial charge in [-0.3, -0.25) is 25.2 Å². The topological polar surface area (TPSA) is 93.1 Å². The minimum absolute atomic E-state index is 0.106. The first kappa shape index (κ1) is 17.8. The molecular formula is C19H22N4O3. The van der Waals surface area contributed by atoms with Crippen LogP contribution in [0.15, 0.2) is 41.2 Å². The molecule has 0 saturated carbocycles. The minimum atomic E-state index is -0.550. The lowest BCUT2D eigenvalue weighted by Crippen LogP contribution is -2.43. The number of rotatable bonds is 4. The highest BCUT2D eigenvalue weighted by atomic mass is 16.2. The zero-order chi connectivity index (χ0) is 18.7. The third-order valence-electron chi connectivity index (χ3n) is 4.41. The van der Waals surface area contributed by atoms with Crippen LogP contribution in [0.1, 0.15) is 49.6 Å². The Bertz CT molecular complexity index is 930. The number of allylic oxidation sites excluding steroid dienone is 2. The highest BCUT2D eigenvalue weighted by Gasteiger charge is 2.19. The van der Waals surface area contributed by atoms with Gasteiger partial charge in [-0.15, -0.1) is 0 Å². The number of fused-ring (bicyclic) bond motifs is 1. The number of amides is 2. The van der Waals surface area contributed by atoms with Gasteiger partial charge in [0.1, 0.15) is 0 Å². The molecule has 0 saturated heterocycles. The molecule has 0 radical (unpaired) electrons. The van der Waals surface area contributed by atoms with Gasteiger partial charge in [-0.25, -0.2) is 4.68 Å². The van der Waals surface area contributed by atoms with Gasteiger partial charge in [0, 0.05) is 11.8 Å². The molecule has 3 rings (SSSR count). The molecule has 0 bridgehead atoms. The molecule has 1 aliphatic rings. The lowest BCUT2D eigenvalue weighted by atomic mass is 10.1. The third-order valence-corrected chi connectivity index (χ3v) is 4.41. The number of carbonyl (C=O) groups excluding carboxylic acids is 2. The fourth-order valence-electron chi connectivity index (χ4n) is 3.06. The summed E-state index contributed by atoms with van der Waals surface area (Å²) in [5.74, 6) is -0.587. The molecule has 1 aromatic heterocycles. The molecule has 1 aromatic carbocycles. The number of hydrogen-bond donors (Lipinski definition) is 2. The van der Waals surface area contributed by atoms with E-state index in [1.165, 1.54) is 4.68 Å². The predicted octanol–water partition coefficient (Wildman–Crippen LogP) is 2.09. The molecule has 26 heavy (non-hydrogen) atoms. The highest BCUT2D eigenvalue weighted by molar-refractivity contribution is 6.05. The first-order valence-electron chi connectivity index (χ1n) is 8.74. The Balaban J connectivity index is 1.81. The van der Waals surface area contributed by atoms with Crippen molar-refractivity contribution in [2.75, 3.05) is 0 Å². The molecular weight excluding hydrogens is 332 g/mol. The highest BCUT2D eigenvalue weighted by Crippen LogP contribution is 2.20. The van der Waals surface area contributed by atoms with Gasteiger partial charge in [0.05, 0.1) is 11.4 Å². The quantitative estimate of drug-likeness (QED) is 0.649. The van der Waals surface area contributed by atoms with E-state index in [4.69, 9.17) is 0 Å². The van der Waals surface area contributed by atoms with Gasteiger partial charge >= 0.3 is 0 Å². The summed E-state index contributed by atoms with van der Waals surface area (Å²) in [5, 5.41) is 5.09. The van der Waals surface area contributed by atoms with E-state index in [0.717, 1.165) is 12.8 Å². The first-order valence-corrected chi connectivity index (χ1v) is 8.74. The van der Waals surface area contributed by atoms with Crippen molar-refractivity contribution in [1.29, 1.82) is 0 Å². The Labute approximate surface area is 151 Å². The zero-order valence-electron chi connectivity index (χ0n) is 14.9. The lowest BCUT2D eigenvalue weighted by Gasteiger charge is -2.14. The summed E-state index contributed by atoms with van der Waals surface area (Å²) >= 11 is 0. The van der Waals surface area contributed by atoms with E-state index >= 15 is 0 Å². The van der Waals surface area contributed by atoms with E-state index in [2.05, 4.69) is 22.0 Å². The van der Waals surface area contributed by atoms with E-state index in [9.17, 15) is 14.4 Å². The maximum absolute atomic E-state index is 12.6. The standard InChI is InChI=1S/C19H22N4O3/c1-12(2)23-19(26)15-10-6-5-9-14(15)17(22-23)18(25)21-20-16(24)11-13-7-3-4-8-13/h3,5-7,9-10,12-13H,4,8,11H2,1-2H3,(H,20,24)(H,21,25). The number of hydrazine groups is 1. The number of aromatic nitrogens is 2. The molecule has 2 aromatic rings. The lowest BCUT2D eigenvalue weighted by molar-refractivity contribution is -0.122. The fourth-order valence-corrected chi connectivity index (χ4v) is 3.06. The van der Waals surface area contributed by atoms with Crippen LogP contribution in [-0.2, 0) is 4.79 Å². The number of nitrogens with zero attached hydrogens (tertiary/aromatic N) is 2. The van der Waals surface area contributed by atoms with E-state index in [1.807, 2.05) is 19.9 Å². The predicted molar refractivity (Wildman–Crippen MR) is 98.5 cm³/mol. The van der Waals surface area contributed by atoms with Gasteiger partial charge in [0.15, 0.2) is 5.69 Å². The molecule has 7 nitrogen and oxygen atoms in total. The molecule has 2 N–H and O–H groups in total. The Morgan fingerprint density at radius 1 is 1.23 bits per heavy atom. The van der Waals surface area contributed by atoms with E-state index in [0.29, 0.717) is 17.2 Å². The molecule has 0 aliphatic heterocycles. The summed E-state index contributed by atoms with van der Waals surface area (Å²) in [6.45, 7) is 3.64. The second-order valence-corrected chi connectivity index (χ2v) is 6.71. The van der Waals surface area contributed by atoms with Crippen LogP contribution in [0, 0.1) is 5.92 Å². The molecule has 0 fully saturated rings. The molecule has 1 aliphatic carbocycles. The van der Waals surface area contributed by atoms with Crippen molar-refractivity contribution >= 4 is 22.6 Å². The minimum Gasteiger partial charge on any atom is -0.273 e. The van der Waals surface area contributed by atoms with Crippen LogP contribution in [0.2, 0.25) is 0 Å². The monoisotopic (exact) mass is 354 g/mol. The molecule has 1 atom stereocenters. The van der Waals surface area contributed by atoms with Crippen LogP contribution in [0.4, 0.5) is 0 Å². The van der Waals surface area contributed by atoms with Crippen LogP contribution in [-0.4, -0.2) is 21.6 Å². The number of hydrogen-bond acceptors (Lipinski definition) is 4. The fraction of sp³-hybridized carbons (Fsp3) is 0.368. The van der Waals surface area contributed by atoms with Crippen LogP contribution in [0.5, 0.6) is 0 Å². The largest absolute Gasteiger partial charge is 0.290 e. The molecule has 7 heteroatoms. The van der Waals surface area contributed by atoms with Crippen molar-refractivity contribution < 1.29 is 9.59 Å². The van der Waals surface area contributed by atoms with Gasteiger partial charge in [0.25, 0.3) is 11.5 Å². The van der Waals surface area contributed by atoms with Crippen molar-refractivity contribution in [3.63, 3.8) is 0 Å². The first-order chi connectivity index (χ1) is 12.5. The summed E-state index contributed by atoms with van der Waals surface area (Å²) in [5.41, 5.74) is 4.71. The summed E-state index contributed by atoms with van der Waals surface area (Å²) < 4.78 is 1.28. The van der Waals surface area contributed by atoms with Crippen LogP contribution >= 0.6 is 0 Å². The van der Waals surface area contributed by atoms with E-state index in [1.54, 1.807) is 24.3 Å². The van der Waals surface area contributed by atoms with Crippen molar-refractivity contribution in [2.24, 2.45) is 5.92 Å². The van der Waals surface area contributed by atoms with Crippen molar-refractivity contribution in [1.82, 2.24) is 20.6 Å². The van der Waals surface area contributed by atoms with Crippen LogP contribution in [0.3, 0.4) is 0 Å². The summed E-state index contributed by atoms with van der Waals surface area (Å²) in [4.78, 5) is 37.1. The smallest absolute Gasteiger partial charge is 0.273 e. The second kappa shape index (κ2) is 7.51. The van der Waals surface area contributed by atoms with Gasteiger partial charge < -0.3 is 0 Å². The van der Waals surface area contributed by atoms with Crippen molar-refractivity contribution in [2.45, 2.75) is 39.2 Å². The molecule has 1 heterocycles. The van der Waals surface area contributed by atoms with Crippen molar-refractivity contribution in [3.05, 3.63) is 52.5 Å². The Kier molecular flexibility index (Phi) is 5.16. The average Bonchev–Trinajstić information content (AvgIpc) is 3.13. The second-order valence-electron chi connectivity index (χ2n) is 6.71. The summed E-state index contributed by atoms with van der Waals surface area (Å²) in [6.07, 6.45) is 6.34. The zero-order valence-corrected chi connectivity index (χ0v) is 14.9. The molecule has 2 amide bonds. The van der Waals surface area contributed by atoms with E-state index in [-0.39, 0.29) is 29.1 Å². The summed E-state index contributed by atoms with van der Waals surface area (Å²) in [6, 6.07) is 6.63. The number of carbonyl (C=O) groups is 2. The van der Waals surface area contributed by atoms with Gasteiger partial charge in [-0.1, -0.05) is 30.4 Å². The van der Waals surface area contributed by atoms with Crippen LogP contribution in [0.25, 0.3) is 10.8 Å². The SMILES string of the molecule is CC(C)n1nc(C(=O)NNC(=O)CC2C=CCC2)c2ccccc2c1=O. The Hall–Kier alpha value is -2.96. The van der Waals surface area contributed by atoms with Gasteiger partial charge in [-0.05, 0) is 38.7 Å². The average molecular weight is 354 g/mol.